The molecule has 1 aliphatic heterocycles. The van der Waals surface area contributed by atoms with E-state index in [0.717, 1.165) is 18.2 Å². The Kier molecular flexibility index (Phi) is 4.18. The normalized spacial score (nSPS) is 22.2. The first-order valence-electron chi connectivity index (χ1n) is 7.15. The van der Waals surface area contributed by atoms with Crippen LogP contribution in [0, 0.1) is 17.5 Å². The van der Waals surface area contributed by atoms with E-state index in [4.69, 9.17) is 0 Å². The van der Waals surface area contributed by atoms with Crippen LogP contribution >= 0.6 is 0 Å². The maximum absolute atomic E-state index is 14.0. The van der Waals surface area contributed by atoms with Crippen LogP contribution < -0.4 is 0 Å². The minimum atomic E-state index is -0.639. The lowest BCUT2D eigenvalue weighted by Crippen LogP contribution is -2.25. The second-order valence-corrected chi connectivity index (χ2v) is 5.59. The van der Waals surface area contributed by atoms with E-state index in [-0.39, 0.29) is 17.9 Å². The molecule has 22 heavy (non-hydrogen) atoms. The minimum Gasteiger partial charge on any atom is -0.392 e. The summed E-state index contributed by atoms with van der Waals surface area (Å²) in [6, 6.07) is 9.15. The Balaban J connectivity index is 1.89. The molecule has 0 saturated carbocycles. The molecule has 0 bridgehead atoms. The van der Waals surface area contributed by atoms with E-state index in [9.17, 15) is 18.3 Å². The molecule has 1 saturated heterocycles. The van der Waals surface area contributed by atoms with Gasteiger partial charge in [-0.05, 0) is 30.7 Å². The average Bonchev–Trinajstić information content (AvgIpc) is 2.84. The summed E-state index contributed by atoms with van der Waals surface area (Å²) < 4.78 is 41.2. The van der Waals surface area contributed by atoms with E-state index < -0.39 is 23.8 Å². The van der Waals surface area contributed by atoms with Gasteiger partial charge in [-0.1, -0.05) is 18.2 Å². The lowest BCUT2D eigenvalue weighted by atomic mass is 10.0. The molecule has 0 aliphatic carbocycles. The van der Waals surface area contributed by atoms with Gasteiger partial charge in [0.1, 0.15) is 17.5 Å². The zero-order valence-corrected chi connectivity index (χ0v) is 11.8. The molecule has 0 aromatic heterocycles. The number of nitrogens with zero attached hydrogens (tertiary/aromatic N) is 1. The molecule has 3 rings (SSSR count). The molecule has 1 aliphatic rings. The summed E-state index contributed by atoms with van der Waals surface area (Å²) in [6.45, 7) is 0.541. The fourth-order valence-corrected chi connectivity index (χ4v) is 2.99. The first-order valence-corrected chi connectivity index (χ1v) is 7.15. The standard InChI is InChI=1S/C17H16F3NO/c18-12-5-6-16(20)14(7-12)17-8-13(22)10-21(17)9-11-3-1-2-4-15(11)19/h1-7,13,17,22H,8-10H2. The molecule has 2 aromatic rings. The number of likely N-dealkylation sites (tertiary alicyclic amines) is 1. The van der Waals surface area contributed by atoms with Crippen LogP contribution in [0.2, 0.25) is 0 Å². The average molecular weight is 307 g/mol. The third kappa shape index (κ3) is 3.00. The number of halogens is 3. The number of rotatable bonds is 3. The van der Waals surface area contributed by atoms with Gasteiger partial charge in [0.05, 0.1) is 6.10 Å². The summed E-state index contributed by atoms with van der Waals surface area (Å²) in [4.78, 5) is 1.78. The van der Waals surface area contributed by atoms with Crippen LogP contribution in [0.15, 0.2) is 42.5 Å². The Bertz CT molecular complexity index is 677. The zero-order chi connectivity index (χ0) is 15.7. The highest BCUT2D eigenvalue weighted by molar-refractivity contribution is 5.25. The van der Waals surface area contributed by atoms with Crippen molar-refractivity contribution in [2.45, 2.75) is 25.1 Å². The van der Waals surface area contributed by atoms with Gasteiger partial charge >= 0.3 is 0 Å². The van der Waals surface area contributed by atoms with Crippen LogP contribution in [0.1, 0.15) is 23.6 Å². The molecule has 2 nitrogen and oxygen atoms in total. The van der Waals surface area contributed by atoms with Crippen molar-refractivity contribution in [1.82, 2.24) is 4.90 Å². The van der Waals surface area contributed by atoms with Crippen LogP contribution in [-0.4, -0.2) is 22.7 Å². The van der Waals surface area contributed by atoms with Gasteiger partial charge in [0.25, 0.3) is 0 Å². The van der Waals surface area contributed by atoms with Crippen molar-refractivity contribution in [1.29, 1.82) is 0 Å². The molecule has 5 heteroatoms. The van der Waals surface area contributed by atoms with Gasteiger partial charge in [-0.25, -0.2) is 13.2 Å². The monoisotopic (exact) mass is 307 g/mol. The Morgan fingerprint density at radius 1 is 1.05 bits per heavy atom. The summed E-state index contributed by atoms with van der Waals surface area (Å²) in [5, 5.41) is 9.89. The fourth-order valence-electron chi connectivity index (χ4n) is 2.99. The second kappa shape index (κ2) is 6.10. The smallest absolute Gasteiger partial charge is 0.128 e. The fraction of sp³-hybridized carbons (Fsp3) is 0.294. The predicted molar refractivity (Wildman–Crippen MR) is 76.5 cm³/mol. The molecule has 0 amide bonds. The molecule has 2 aromatic carbocycles. The SMILES string of the molecule is OC1CC(c2cc(F)ccc2F)N(Cc2ccccc2F)C1. The Morgan fingerprint density at radius 3 is 2.59 bits per heavy atom. The van der Waals surface area contributed by atoms with E-state index in [0.29, 0.717) is 18.5 Å². The van der Waals surface area contributed by atoms with Crippen molar-refractivity contribution in [2.24, 2.45) is 0 Å². The van der Waals surface area contributed by atoms with Crippen molar-refractivity contribution in [3.05, 3.63) is 71.0 Å². The first kappa shape index (κ1) is 15.1. The van der Waals surface area contributed by atoms with E-state index >= 15 is 0 Å². The lowest BCUT2D eigenvalue weighted by Gasteiger charge is -2.25. The van der Waals surface area contributed by atoms with Gasteiger partial charge < -0.3 is 5.11 Å². The third-order valence-corrected chi connectivity index (χ3v) is 4.03. The highest BCUT2D eigenvalue weighted by Crippen LogP contribution is 2.35. The second-order valence-electron chi connectivity index (χ2n) is 5.59. The highest BCUT2D eigenvalue weighted by atomic mass is 19.1. The molecule has 0 radical (unpaired) electrons. The van der Waals surface area contributed by atoms with Gasteiger partial charge in [0.2, 0.25) is 0 Å². The van der Waals surface area contributed by atoms with E-state index in [2.05, 4.69) is 0 Å². The summed E-state index contributed by atoms with van der Waals surface area (Å²) in [7, 11) is 0. The number of hydrogen-bond donors (Lipinski definition) is 1. The van der Waals surface area contributed by atoms with Crippen molar-refractivity contribution >= 4 is 0 Å². The van der Waals surface area contributed by atoms with E-state index in [1.807, 2.05) is 0 Å². The van der Waals surface area contributed by atoms with Crippen LogP contribution in [0.4, 0.5) is 13.2 Å². The maximum atomic E-state index is 14.0. The number of aliphatic hydroxyl groups excluding tert-OH is 1. The zero-order valence-electron chi connectivity index (χ0n) is 11.8. The first-order chi connectivity index (χ1) is 10.5. The van der Waals surface area contributed by atoms with Gasteiger partial charge in [0, 0.05) is 30.3 Å². The molecule has 1 heterocycles. The molecule has 2 atom stereocenters. The van der Waals surface area contributed by atoms with Gasteiger partial charge in [0.15, 0.2) is 0 Å². The lowest BCUT2D eigenvalue weighted by molar-refractivity contribution is 0.172. The molecular weight excluding hydrogens is 291 g/mol. The topological polar surface area (TPSA) is 23.5 Å². The number of benzene rings is 2. The largest absolute Gasteiger partial charge is 0.392 e. The number of hydrogen-bond acceptors (Lipinski definition) is 2. The summed E-state index contributed by atoms with van der Waals surface area (Å²) in [6.07, 6.45) is -0.339. The van der Waals surface area contributed by atoms with Crippen molar-refractivity contribution in [2.75, 3.05) is 6.54 Å². The van der Waals surface area contributed by atoms with Crippen molar-refractivity contribution < 1.29 is 18.3 Å². The number of aliphatic hydroxyl groups is 1. The van der Waals surface area contributed by atoms with Crippen molar-refractivity contribution in [3.8, 4) is 0 Å². The number of β-amino-alcohol motifs (C(OH)–C–C–N with tert-alkyl or cyclic N) is 1. The van der Waals surface area contributed by atoms with Gasteiger partial charge in [-0.2, -0.15) is 0 Å². The van der Waals surface area contributed by atoms with E-state index in [1.165, 1.54) is 6.07 Å². The molecule has 2 unspecified atom stereocenters. The Morgan fingerprint density at radius 2 is 1.82 bits per heavy atom. The van der Waals surface area contributed by atoms with Crippen LogP contribution in [-0.2, 0) is 6.54 Å². The van der Waals surface area contributed by atoms with Crippen LogP contribution in [0.3, 0.4) is 0 Å². The quantitative estimate of drug-likeness (QED) is 0.939. The van der Waals surface area contributed by atoms with Crippen LogP contribution in [0.5, 0.6) is 0 Å². The minimum absolute atomic E-state index is 0.202. The molecule has 116 valence electrons. The summed E-state index contributed by atoms with van der Waals surface area (Å²) in [5.41, 5.74) is 0.673. The van der Waals surface area contributed by atoms with Gasteiger partial charge in [-0.3, -0.25) is 4.90 Å². The molecule has 0 spiro atoms. The van der Waals surface area contributed by atoms with Crippen molar-refractivity contribution in [3.63, 3.8) is 0 Å². The maximum Gasteiger partial charge on any atom is 0.128 e. The van der Waals surface area contributed by atoms with Gasteiger partial charge in [-0.15, -0.1) is 0 Å². The summed E-state index contributed by atoms with van der Waals surface area (Å²) in [5.74, 6) is -1.38. The van der Waals surface area contributed by atoms with E-state index in [1.54, 1.807) is 23.1 Å². The predicted octanol–water partition coefficient (Wildman–Crippen LogP) is 3.41. The molecular formula is C17H16F3NO. The Hall–Kier alpha value is -1.85. The van der Waals surface area contributed by atoms with Crippen LogP contribution in [0.25, 0.3) is 0 Å². The Labute approximate surface area is 126 Å². The molecule has 1 N–H and O–H groups in total. The highest BCUT2D eigenvalue weighted by Gasteiger charge is 2.34. The third-order valence-electron chi connectivity index (χ3n) is 4.03. The molecule has 1 fully saturated rings. The summed E-state index contributed by atoms with van der Waals surface area (Å²) >= 11 is 0.